The second-order valence-corrected chi connectivity index (χ2v) is 8.74. The van der Waals surface area contributed by atoms with Gasteiger partial charge in [-0.05, 0) is 53.0 Å². The Morgan fingerprint density at radius 2 is 2.00 bits per heavy atom. The van der Waals surface area contributed by atoms with E-state index in [2.05, 4.69) is 36.3 Å². The number of rotatable bonds is 4. The minimum Gasteiger partial charge on any atom is -0.312 e. The molecule has 2 heterocycles. The first-order valence-electron chi connectivity index (χ1n) is 7.45. The maximum atomic E-state index is 12.5. The Morgan fingerprint density at radius 3 is 2.48 bits per heavy atom. The molecular weight excluding hydrogens is 288 g/mol. The van der Waals surface area contributed by atoms with E-state index in [1.165, 1.54) is 6.20 Å². The highest BCUT2D eigenvalue weighted by Crippen LogP contribution is 2.24. The van der Waals surface area contributed by atoms with Gasteiger partial charge in [-0.15, -0.1) is 0 Å². The van der Waals surface area contributed by atoms with Crippen molar-refractivity contribution in [1.82, 2.24) is 19.8 Å². The van der Waals surface area contributed by atoms with Crippen molar-refractivity contribution in [2.45, 2.75) is 51.0 Å². The molecule has 0 atom stereocenters. The fraction of sp³-hybridized carbons (Fsp3) is 0.786. The standard InChI is InChI=1S/C14H26N4O2S/c1-11-13(10-16-17-11)21(19,20)18-7-5-12(6-8-18)9-15-14(2,3)4/h10,12,15H,5-9H2,1-4H3,(H,16,17). The summed E-state index contributed by atoms with van der Waals surface area (Å²) in [6, 6.07) is 0. The number of aromatic amines is 1. The van der Waals surface area contributed by atoms with Crippen LogP contribution in [0.4, 0.5) is 0 Å². The highest BCUT2D eigenvalue weighted by molar-refractivity contribution is 7.89. The van der Waals surface area contributed by atoms with Crippen LogP contribution < -0.4 is 5.32 Å². The van der Waals surface area contributed by atoms with Crippen molar-refractivity contribution in [3.63, 3.8) is 0 Å². The van der Waals surface area contributed by atoms with E-state index in [0.29, 0.717) is 29.6 Å². The van der Waals surface area contributed by atoms with Gasteiger partial charge in [0.1, 0.15) is 4.90 Å². The first-order valence-corrected chi connectivity index (χ1v) is 8.89. The molecule has 0 spiro atoms. The topological polar surface area (TPSA) is 78.1 Å². The van der Waals surface area contributed by atoms with Gasteiger partial charge < -0.3 is 5.32 Å². The fourth-order valence-corrected chi connectivity index (χ4v) is 4.13. The third-order valence-corrected chi connectivity index (χ3v) is 5.91. The molecule has 0 aliphatic carbocycles. The molecule has 6 nitrogen and oxygen atoms in total. The molecule has 0 saturated carbocycles. The number of nitrogens with one attached hydrogen (secondary N) is 2. The van der Waals surface area contributed by atoms with E-state index in [9.17, 15) is 8.42 Å². The monoisotopic (exact) mass is 314 g/mol. The smallest absolute Gasteiger partial charge is 0.246 e. The largest absolute Gasteiger partial charge is 0.312 e. The van der Waals surface area contributed by atoms with Crippen LogP contribution in [0.5, 0.6) is 0 Å². The van der Waals surface area contributed by atoms with Crippen molar-refractivity contribution in [3.05, 3.63) is 11.9 Å². The van der Waals surface area contributed by atoms with Crippen LogP contribution in [0.15, 0.2) is 11.1 Å². The minimum atomic E-state index is -3.40. The maximum Gasteiger partial charge on any atom is 0.246 e. The second-order valence-electron chi connectivity index (χ2n) is 6.84. The summed E-state index contributed by atoms with van der Waals surface area (Å²) >= 11 is 0. The lowest BCUT2D eigenvalue weighted by Gasteiger charge is -2.33. The molecule has 1 aromatic rings. The Balaban J connectivity index is 1.94. The van der Waals surface area contributed by atoms with Crippen LogP contribution >= 0.6 is 0 Å². The van der Waals surface area contributed by atoms with Gasteiger partial charge >= 0.3 is 0 Å². The summed E-state index contributed by atoms with van der Waals surface area (Å²) in [4.78, 5) is 0.300. The number of piperidine rings is 1. The van der Waals surface area contributed by atoms with Crippen molar-refractivity contribution >= 4 is 10.0 Å². The summed E-state index contributed by atoms with van der Waals surface area (Å²) in [5.41, 5.74) is 0.712. The zero-order valence-corrected chi connectivity index (χ0v) is 14.1. The van der Waals surface area contributed by atoms with E-state index in [0.717, 1.165) is 19.4 Å². The number of aromatic nitrogens is 2. The van der Waals surface area contributed by atoms with Gasteiger partial charge in [0.05, 0.1) is 11.9 Å². The van der Waals surface area contributed by atoms with Crippen molar-refractivity contribution in [3.8, 4) is 0 Å². The van der Waals surface area contributed by atoms with Crippen LogP contribution in [-0.4, -0.2) is 48.1 Å². The normalized spacial score (nSPS) is 19.0. The van der Waals surface area contributed by atoms with Gasteiger partial charge in [-0.1, -0.05) is 0 Å². The molecule has 1 aliphatic rings. The van der Waals surface area contributed by atoms with Gasteiger partial charge in [-0.3, -0.25) is 5.10 Å². The Labute approximate surface area is 127 Å². The molecule has 1 aliphatic heterocycles. The van der Waals surface area contributed by atoms with Crippen molar-refractivity contribution in [2.75, 3.05) is 19.6 Å². The number of H-pyrrole nitrogens is 1. The Bertz CT molecular complexity index is 566. The van der Waals surface area contributed by atoms with Crippen molar-refractivity contribution < 1.29 is 8.42 Å². The molecule has 1 fully saturated rings. The highest BCUT2D eigenvalue weighted by atomic mass is 32.2. The molecule has 2 rings (SSSR count). The number of hydrogen-bond acceptors (Lipinski definition) is 4. The first kappa shape index (κ1) is 16.5. The second kappa shape index (κ2) is 6.06. The molecule has 120 valence electrons. The van der Waals surface area contributed by atoms with Crippen LogP contribution in [-0.2, 0) is 10.0 Å². The van der Waals surface area contributed by atoms with Crippen molar-refractivity contribution in [1.29, 1.82) is 0 Å². The molecule has 2 N–H and O–H groups in total. The summed E-state index contributed by atoms with van der Waals surface area (Å²) < 4.78 is 26.7. The lowest BCUT2D eigenvalue weighted by molar-refractivity contribution is 0.251. The lowest BCUT2D eigenvalue weighted by Crippen LogP contribution is -2.44. The number of nitrogens with zero attached hydrogens (tertiary/aromatic N) is 2. The van der Waals surface area contributed by atoms with Crippen LogP contribution in [0.3, 0.4) is 0 Å². The lowest BCUT2D eigenvalue weighted by atomic mass is 9.97. The predicted octanol–water partition coefficient (Wildman–Crippen LogP) is 1.51. The van der Waals surface area contributed by atoms with E-state index in [1.807, 2.05) is 0 Å². The zero-order chi connectivity index (χ0) is 15.7. The highest BCUT2D eigenvalue weighted by Gasteiger charge is 2.31. The Kier molecular flexibility index (Phi) is 4.75. The number of sulfonamides is 1. The molecule has 0 aromatic carbocycles. The summed E-state index contributed by atoms with van der Waals surface area (Å²) in [7, 11) is -3.40. The summed E-state index contributed by atoms with van der Waals surface area (Å²) in [5.74, 6) is 0.543. The molecule has 0 bridgehead atoms. The molecule has 0 unspecified atom stereocenters. The van der Waals surface area contributed by atoms with Gasteiger partial charge in [-0.2, -0.15) is 9.40 Å². The first-order chi connectivity index (χ1) is 9.70. The van der Waals surface area contributed by atoms with E-state index < -0.39 is 10.0 Å². The van der Waals surface area contributed by atoms with Gasteiger partial charge in [0.25, 0.3) is 0 Å². The van der Waals surface area contributed by atoms with Crippen LogP contribution in [0.25, 0.3) is 0 Å². The molecular formula is C14H26N4O2S. The average Bonchev–Trinajstić information content (AvgIpc) is 2.83. The minimum absolute atomic E-state index is 0.108. The SMILES string of the molecule is Cc1[nH]ncc1S(=O)(=O)N1CCC(CNC(C)(C)C)CC1. The summed E-state index contributed by atoms with van der Waals surface area (Å²) in [6.45, 7) is 10.3. The van der Waals surface area contributed by atoms with E-state index >= 15 is 0 Å². The van der Waals surface area contributed by atoms with Crippen LogP contribution in [0, 0.1) is 12.8 Å². The summed E-state index contributed by atoms with van der Waals surface area (Å²) in [5, 5.41) is 10.0. The predicted molar refractivity (Wildman–Crippen MR) is 82.6 cm³/mol. The van der Waals surface area contributed by atoms with Gasteiger partial charge in [0.15, 0.2) is 0 Å². The van der Waals surface area contributed by atoms with Gasteiger partial charge in [0.2, 0.25) is 10.0 Å². The molecule has 0 amide bonds. The quantitative estimate of drug-likeness (QED) is 0.883. The van der Waals surface area contributed by atoms with Crippen LogP contribution in [0.1, 0.15) is 39.3 Å². The zero-order valence-electron chi connectivity index (χ0n) is 13.3. The Hall–Kier alpha value is -0.920. The number of aryl methyl sites for hydroxylation is 1. The fourth-order valence-electron chi connectivity index (χ4n) is 2.54. The molecule has 0 radical (unpaired) electrons. The van der Waals surface area contributed by atoms with Crippen molar-refractivity contribution in [2.24, 2.45) is 5.92 Å². The van der Waals surface area contributed by atoms with Gasteiger partial charge in [0, 0.05) is 18.6 Å². The third-order valence-electron chi connectivity index (χ3n) is 3.90. The van der Waals surface area contributed by atoms with E-state index in [-0.39, 0.29) is 5.54 Å². The van der Waals surface area contributed by atoms with Crippen LogP contribution in [0.2, 0.25) is 0 Å². The van der Waals surface area contributed by atoms with E-state index in [1.54, 1.807) is 11.2 Å². The third kappa shape index (κ3) is 4.05. The number of hydrogen-bond donors (Lipinski definition) is 2. The van der Waals surface area contributed by atoms with Gasteiger partial charge in [-0.25, -0.2) is 8.42 Å². The molecule has 1 saturated heterocycles. The van der Waals surface area contributed by atoms with E-state index in [4.69, 9.17) is 0 Å². The average molecular weight is 314 g/mol. The maximum absolute atomic E-state index is 12.5. The molecule has 1 aromatic heterocycles. The Morgan fingerprint density at radius 1 is 1.38 bits per heavy atom. The molecule has 7 heteroatoms. The molecule has 21 heavy (non-hydrogen) atoms. The summed E-state index contributed by atoms with van der Waals surface area (Å²) in [6.07, 6.45) is 3.20.